The SMILES string of the molecule is CCCCN=C(Nc1ccccc1)Nc1ccccc1.CCCCOP(C)(=O)O. The van der Waals surface area contributed by atoms with Crippen molar-refractivity contribution in [1.82, 2.24) is 0 Å². The van der Waals surface area contributed by atoms with Gasteiger partial charge in [0.15, 0.2) is 5.96 Å². The molecular weight excluding hydrogens is 385 g/mol. The monoisotopic (exact) mass is 419 g/mol. The molecule has 0 saturated carbocycles. The van der Waals surface area contributed by atoms with Gasteiger partial charge >= 0.3 is 7.60 Å². The fourth-order valence-corrected chi connectivity index (χ4v) is 2.62. The van der Waals surface area contributed by atoms with Crippen LogP contribution in [-0.4, -0.2) is 30.7 Å². The van der Waals surface area contributed by atoms with Crippen LogP contribution < -0.4 is 10.6 Å². The van der Waals surface area contributed by atoms with Crippen molar-refractivity contribution in [3.05, 3.63) is 60.7 Å². The van der Waals surface area contributed by atoms with E-state index in [1.807, 2.05) is 67.6 Å². The van der Waals surface area contributed by atoms with Crippen molar-refractivity contribution < 1.29 is 14.0 Å². The lowest BCUT2D eigenvalue weighted by atomic mass is 10.3. The molecule has 0 radical (unpaired) electrons. The second kappa shape index (κ2) is 14.8. The van der Waals surface area contributed by atoms with Crippen LogP contribution in [0.1, 0.15) is 39.5 Å². The number of nitrogens with zero attached hydrogens (tertiary/aromatic N) is 1. The maximum Gasteiger partial charge on any atom is 0.325 e. The Morgan fingerprint density at radius 2 is 1.41 bits per heavy atom. The molecule has 0 fully saturated rings. The summed E-state index contributed by atoms with van der Waals surface area (Å²) < 4.78 is 15.0. The van der Waals surface area contributed by atoms with Crippen molar-refractivity contribution in [3.8, 4) is 0 Å². The second-order valence-corrected chi connectivity index (χ2v) is 8.42. The van der Waals surface area contributed by atoms with Crippen LogP contribution >= 0.6 is 7.60 Å². The van der Waals surface area contributed by atoms with Crippen molar-refractivity contribution in [1.29, 1.82) is 0 Å². The van der Waals surface area contributed by atoms with Gasteiger partial charge in [-0.25, -0.2) is 0 Å². The predicted octanol–water partition coefficient (Wildman–Crippen LogP) is 5.99. The molecule has 1 unspecified atom stereocenters. The average molecular weight is 420 g/mol. The molecule has 6 nitrogen and oxygen atoms in total. The Labute approximate surface area is 175 Å². The van der Waals surface area contributed by atoms with Gasteiger partial charge < -0.3 is 20.1 Å². The summed E-state index contributed by atoms with van der Waals surface area (Å²) in [7, 11) is -3.20. The molecule has 7 heteroatoms. The van der Waals surface area contributed by atoms with E-state index in [0.29, 0.717) is 6.61 Å². The fraction of sp³-hybridized carbons (Fsp3) is 0.409. The summed E-state index contributed by atoms with van der Waals surface area (Å²) in [5.74, 6) is 0.788. The van der Waals surface area contributed by atoms with Crippen molar-refractivity contribution in [2.45, 2.75) is 39.5 Å². The molecule has 0 spiro atoms. The minimum atomic E-state index is -3.20. The van der Waals surface area contributed by atoms with E-state index >= 15 is 0 Å². The third-order valence-corrected chi connectivity index (χ3v) is 4.35. The van der Waals surface area contributed by atoms with Gasteiger partial charge in [0, 0.05) is 24.6 Å². The summed E-state index contributed by atoms with van der Waals surface area (Å²) in [6, 6.07) is 20.2. The molecule has 0 amide bonds. The number of hydrogen-bond donors (Lipinski definition) is 3. The number of guanidine groups is 1. The number of benzene rings is 2. The van der Waals surface area contributed by atoms with E-state index in [4.69, 9.17) is 4.89 Å². The van der Waals surface area contributed by atoms with E-state index in [2.05, 4.69) is 27.1 Å². The first kappa shape index (κ1) is 24.9. The number of rotatable bonds is 9. The van der Waals surface area contributed by atoms with Crippen LogP contribution in [0.15, 0.2) is 65.7 Å². The van der Waals surface area contributed by atoms with Gasteiger partial charge in [0.25, 0.3) is 0 Å². The molecular formula is C22H34N3O3P. The number of anilines is 2. The summed E-state index contributed by atoms with van der Waals surface area (Å²) in [5.41, 5.74) is 2.07. The molecule has 2 aromatic rings. The van der Waals surface area contributed by atoms with Gasteiger partial charge in [-0.3, -0.25) is 9.56 Å². The summed E-state index contributed by atoms with van der Waals surface area (Å²) in [5, 5.41) is 6.65. The van der Waals surface area contributed by atoms with Crippen molar-refractivity contribution in [2.24, 2.45) is 4.99 Å². The van der Waals surface area contributed by atoms with E-state index < -0.39 is 7.60 Å². The van der Waals surface area contributed by atoms with E-state index in [-0.39, 0.29) is 0 Å². The van der Waals surface area contributed by atoms with Gasteiger partial charge in [0.1, 0.15) is 0 Å². The molecule has 0 aromatic heterocycles. The maximum atomic E-state index is 10.4. The van der Waals surface area contributed by atoms with E-state index in [1.54, 1.807) is 0 Å². The van der Waals surface area contributed by atoms with Crippen LogP contribution in [0.3, 0.4) is 0 Å². The zero-order valence-corrected chi connectivity index (χ0v) is 18.6. The molecule has 0 aliphatic carbocycles. The highest BCUT2D eigenvalue weighted by atomic mass is 31.2. The molecule has 160 valence electrons. The topological polar surface area (TPSA) is 83.0 Å². The highest BCUT2D eigenvalue weighted by molar-refractivity contribution is 7.51. The number of nitrogens with one attached hydrogen (secondary N) is 2. The molecule has 0 heterocycles. The van der Waals surface area contributed by atoms with Crippen LogP contribution in [0.4, 0.5) is 11.4 Å². The van der Waals surface area contributed by atoms with Crippen LogP contribution in [0.2, 0.25) is 0 Å². The van der Waals surface area contributed by atoms with Crippen LogP contribution in [-0.2, 0) is 9.09 Å². The Balaban J connectivity index is 0.000000396. The minimum Gasteiger partial charge on any atom is -0.326 e. The lowest BCUT2D eigenvalue weighted by molar-refractivity contribution is 0.260. The first-order valence-electron chi connectivity index (χ1n) is 10.1. The van der Waals surface area contributed by atoms with Gasteiger partial charge in [0.2, 0.25) is 0 Å². The molecule has 0 aliphatic heterocycles. The van der Waals surface area contributed by atoms with E-state index in [9.17, 15) is 4.57 Å². The molecule has 29 heavy (non-hydrogen) atoms. The number of hydrogen-bond acceptors (Lipinski definition) is 3. The first-order chi connectivity index (χ1) is 13.9. The standard InChI is InChI=1S/C17H21N3.C5H13O3P/c1-2-3-14-18-17(19-15-10-6-4-7-11-15)20-16-12-8-5-9-13-16;1-3-4-5-8-9(2,6)7/h4-13H,2-3,14H2,1H3,(H2,18,19,20);3-5H2,1-2H3,(H,6,7). The molecule has 2 rings (SSSR count). The predicted molar refractivity (Wildman–Crippen MR) is 124 cm³/mol. The van der Waals surface area contributed by atoms with Gasteiger partial charge in [-0.05, 0) is 37.1 Å². The summed E-state index contributed by atoms with van der Waals surface area (Å²) in [4.78, 5) is 13.2. The molecule has 0 bridgehead atoms. The summed E-state index contributed by atoms with van der Waals surface area (Å²) in [6.45, 7) is 6.58. The third kappa shape index (κ3) is 13.6. The highest BCUT2D eigenvalue weighted by Crippen LogP contribution is 2.36. The molecule has 2 aromatic carbocycles. The fourth-order valence-electron chi connectivity index (χ4n) is 2.15. The van der Waals surface area contributed by atoms with Gasteiger partial charge in [-0.15, -0.1) is 0 Å². The van der Waals surface area contributed by atoms with Crippen LogP contribution in [0, 0.1) is 0 Å². The van der Waals surface area contributed by atoms with E-state index in [1.165, 1.54) is 6.66 Å². The van der Waals surface area contributed by atoms with Gasteiger partial charge in [-0.2, -0.15) is 0 Å². The van der Waals surface area contributed by atoms with Crippen LogP contribution in [0.5, 0.6) is 0 Å². The molecule has 0 aliphatic rings. The molecule has 0 saturated heterocycles. The minimum absolute atomic E-state index is 0.390. The highest BCUT2D eigenvalue weighted by Gasteiger charge is 2.07. The lowest BCUT2D eigenvalue weighted by Crippen LogP contribution is -2.22. The van der Waals surface area contributed by atoms with Crippen molar-refractivity contribution >= 4 is 24.9 Å². The zero-order chi connectivity index (χ0) is 21.4. The molecule has 1 atom stereocenters. The number of para-hydroxylation sites is 2. The normalized spacial score (nSPS) is 12.1. The van der Waals surface area contributed by atoms with Gasteiger partial charge in [0.05, 0.1) is 6.61 Å². The number of aliphatic imine (C=N–C) groups is 1. The van der Waals surface area contributed by atoms with Crippen molar-refractivity contribution in [3.63, 3.8) is 0 Å². The zero-order valence-electron chi connectivity index (χ0n) is 17.7. The quantitative estimate of drug-likeness (QED) is 0.201. The second-order valence-electron chi connectivity index (χ2n) is 6.56. The van der Waals surface area contributed by atoms with E-state index in [0.717, 1.165) is 49.6 Å². The Morgan fingerprint density at radius 1 is 0.931 bits per heavy atom. The largest absolute Gasteiger partial charge is 0.326 e. The van der Waals surface area contributed by atoms with Crippen LogP contribution in [0.25, 0.3) is 0 Å². The Bertz CT molecular complexity index is 690. The Morgan fingerprint density at radius 3 is 1.83 bits per heavy atom. The Hall–Kier alpha value is -2.14. The van der Waals surface area contributed by atoms with Crippen molar-refractivity contribution in [2.75, 3.05) is 30.5 Å². The smallest absolute Gasteiger partial charge is 0.325 e. The third-order valence-electron chi connectivity index (χ3n) is 3.68. The Kier molecular flexibility index (Phi) is 12.7. The number of unbranched alkanes of at least 4 members (excludes halogenated alkanes) is 2. The average Bonchev–Trinajstić information content (AvgIpc) is 2.69. The summed E-state index contributed by atoms with van der Waals surface area (Å²) in [6.07, 6.45) is 4.07. The summed E-state index contributed by atoms with van der Waals surface area (Å²) >= 11 is 0. The lowest BCUT2D eigenvalue weighted by Gasteiger charge is -2.12. The maximum absolute atomic E-state index is 10.4. The van der Waals surface area contributed by atoms with Gasteiger partial charge in [-0.1, -0.05) is 63.1 Å². The first-order valence-corrected chi connectivity index (χ1v) is 12.1. The molecule has 3 N–H and O–H groups in total.